The van der Waals surface area contributed by atoms with Crippen LogP contribution >= 0.6 is 0 Å². The molecule has 0 radical (unpaired) electrons. The van der Waals surface area contributed by atoms with Gasteiger partial charge in [0.2, 0.25) is 0 Å². The van der Waals surface area contributed by atoms with Gasteiger partial charge < -0.3 is 53.8 Å². The fraction of sp³-hybridized carbons (Fsp3) is 0.375. The number of aliphatic hydroxyl groups excluding tert-OH is 1. The summed E-state index contributed by atoms with van der Waals surface area (Å²) in [4.78, 5) is 91.6. The SMILES string of the molecule is COC(=O)[C@@H](C)NC(=O)c1c(C)cc2c(c1OC(C)=O)-c1c(cc3c(c1O)C(=O)c1cc(OC)cc(O)c1C3=O)[C@H](O)[C@H]2O[C@@H]1O[C@@H](C)[C@@H](OC(C)=O)[C@@H]1OC(C)=O. The van der Waals surface area contributed by atoms with Crippen LogP contribution < -0.4 is 14.8 Å². The van der Waals surface area contributed by atoms with Gasteiger partial charge in [-0.15, -0.1) is 0 Å². The lowest BCUT2D eigenvalue weighted by molar-refractivity contribution is -0.219. The van der Waals surface area contributed by atoms with E-state index in [2.05, 4.69) is 5.32 Å². The van der Waals surface area contributed by atoms with Crippen molar-refractivity contribution in [2.24, 2.45) is 0 Å². The van der Waals surface area contributed by atoms with Crippen LogP contribution in [0, 0.1) is 6.92 Å². The molecule has 0 bridgehead atoms. The Morgan fingerprint density at radius 1 is 0.810 bits per heavy atom. The highest BCUT2D eigenvalue weighted by molar-refractivity contribution is 6.31. The molecule has 3 aliphatic rings. The van der Waals surface area contributed by atoms with E-state index in [9.17, 15) is 48.9 Å². The van der Waals surface area contributed by atoms with Gasteiger partial charge in [-0.25, -0.2) is 4.79 Å². The van der Waals surface area contributed by atoms with E-state index in [4.69, 9.17) is 33.2 Å². The van der Waals surface area contributed by atoms with E-state index < -0.39 is 118 Å². The zero-order chi connectivity index (χ0) is 42.7. The maximum atomic E-state index is 14.2. The van der Waals surface area contributed by atoms with Gasteiger partial charge in [-0.1, -0.05) is 6.07 Å². The highest BCUT2D eigenvalue weighted by atomic mass is 16.7. The number of rotatable bonds is 9. The van der Waals surface area contributed by atoms with E-state index >= 15 is 0 Å². The fourth-order valence-corrected chi connectivity index (χ4v) is 7.52. The normalized spacial score (nSPS) is 22.0. The minimum absolute atomic E-state index is 0.0231. The Kier molecular flexibility index (Phi) is 11.0. The molecule has 0 spiro atoms. The lowest BCUT2D eigenvalue weighted by atomic mass is 9.74. The Hall–Kier alpha value is -6.37. The van der Waals surface area contributed by atoms with Crippen molar-refractivity contribution < 1.29 is 82.0 Å². The van der Waals surface area contributed by atoms with Crippen molar-refractivity contribution in [3.63, 3.8) is 0 Å². The number of aromatic hydroxyl groups is 2. The average molecular weight is 806 g/mol. The summed E-state index contributed by atoms with van der Waals surface area (Å²) < 4.78 is 38.8. The molecule has 1 aliphatic heterocycles. The van der Waals surface area contributed by atoms with Gasteiger partial charge in [0.25, 0.3) is 5.91 Å². The van der Waals surface area contributed by atoms with Crippen LogP contribution in [-0.4, -0.2) is 102 Å². The van der Waals surface area contributed by atoms with Crippen molar-refractivity contribution in [2.45, 2.75) is 84.4 Å². The van der Waals surface area contributed by atoms with Crippen molar-refractivity contribution in [3.05, 3.63) is 68.8 Å². The Balaban J connectivity index is 1.64. The van der Waals surface area contributed by atoms with Crippen molar-refractivity contribution in [3.8, 4) is 34.1 Å². The number of fused-ring (bicyclic) bond motifs is 5. The number of carbonyl (C=O) groups is 7. The first-order chi connectivity index (χ1) is 27.3. The highest BCUT2D eigenvalue weighted by Crippen LogP contribution is 2.57. The van der Waals surface area contributed by atoms with Crippen LogP contribution in [0.4, 0.5) is 0 Å². The predicted molar refractivity (Wildman–Crippen MR) is 194 cm³/mol. The monoisotopic (exact) mass is 805 g/mol. The Morgan fingerprint density at radius 2 is 1.43 bits per heavy atom. The molecule has 6 rings (SSSR count). The van der Waals surface area contributed by atoms with Crippen molar-refractivity contribution in [2.75, 3.05) is 14.2 Å². The third-order valence-electron chi connectivity index (χ3n) is 9.94. The third kappa shape index (κ3) is 6.98. The van der Waals surface area contributed by atoms with Gasteiger partial charge in [0.15, 0.2) is 35.8 Å². The molecule has 58 heavy (non-hydrogen) atoms. The summed E-state index contributed by atoms with van der Waals surface area (Å²) in [6, 6.07) is 3.58. The minimum Gasteiger partial charge on any atom is -0.507 e. The molecular weight excluding hydrogens is 766 g/mol. The van der Waals surface area contributed by atoms with Crippen molar-refractivity contribution in [1.82, 2.24) is 5.32 Å². The minimum atomic E-state index is -1.86. The number of amides is 1. The third-order valence-corrected chi connectivity index (χ3v) is 9.94. The maximum absolute atomic E-state index is 14.2. The number of benzene rings is 3. The van der Waals surface area contributed by atoms with E-state index in [1.807, 2.05) is 0 Å². The number of ketones is 2. The first-order valence-electron chi connectivity index (χ1n) is 17.8. The number of nitrogens with one attached hydrogen (secondary N) is 1. The largest absolute Gasteiger partial charge is 0.507 e. The second-order valence-corrected chi connectivity index (χ2v) is 13.9. The van der Waals surface area contributed by atoms with Crippen LogP contribution in [0.2, 0.25) is 0 Å². The number of aliphatic hydroxyl groups is 1. The smallest absolute Gasteiger partial charge is 0.328 e. The second-order valence-electron chi connectivity index (χ2n) is 13.9. The maximum Gasteiger partial charge on any atom is 0.328 e. The molecule has 0 aromatic heterocycles. The first kappa shape index (κ1) is 41.3. The van der Waals surface area contributed by atoms with Gasteiger partial charge in [-0.05, 0) is 49.6 Å². The molecule has 7 atom stereocenters. The molecule has 1 heterocycles. The van der Waals surface area contributed by atoms with E-state index in [1.54, 1.807) is 0 Å². The van der Waals surface area contributed by atoms with Gasteiger partial charge in [0.05, 0.1) is 37.0 Å². The molecule has 306 valence electrons. The Bertz CT molecular complexity index is 2310. The molecule has 3 aromatic rings. The number of hydrogen-bond donors (Lipinski definition) is 4. The number of phenolic OH excluding ortho intramolecular Hbond substituents is 2. The van der Waals surface area contributed by atoms with Crippen LogP contribution in [0.25, 0.3) is 11.1 Å². The number of carbonyl (C=O) groups excluding carboxylic acids is 7. The molecule has 0 unspecified atom stereocenters. The summed E-state index contributed by atoms with van der Waals surface area (Å²) >= 11 is 0. The summed E-state index contributed by atoms with van der Waals surface area (Å²) in [5, 5.41) is 37.7. The molecule has 0 saturated carbocycles. The van der Waals surface area contributed by atoms with E-state index in [0.717, 1.165) is 40.0 Å². The quantitative estimate of drug-likeness (QED) is 0.108. The number of ether oxygens (including phenoxy) is 7. The molecule has 1 fully saturated rings. The molecule has 3 aromatic carbocycles. The summed E-state index contributed by atoms with van der Waals surface area (Å²) in [5.41, 5.74) is -2.84. The fourth-order valence-electron chi connectivity index (χ4n) is 7.52. The van der Waals surface area contributed by atoms with Crippen LogP contribution in [0.5, 0.6) is 23.0 Å². The molecular formula is C40H39NO17. The van der Waals surface area contributed by atoms with E-state index in [-0.39, 0.29) is 44.7 Å². The number of aryl methyl sites for hydroxylation is 1. The zero-order valence-electron chi connectivity index (χ0n) is 32.4. The zero-order valence-corrected chi connectivity index (χ0v) is 32.4. The number of methoxy groups -OCH3 is 2. The van der Waals surface area contributed by atoms with Gasteiger partial charge in [-0.3, -0.25) is 28.8 Å². The van der Waals surface area contributed by atoms with Crippen LogP contribution in [0.3, 0.4) is 0 Å². The second kappa shape index (κ2) is 15.5. The number of esters is 4. The molecule has 18 nitrogen and oxygen atoms in total. The van der Waals surface area contributed by atoms with Gasteiger partial charge in [-0.2, -0.15) is 0 Å². The molecule has 4 N–H and O–H groups in total. The lowest BCUT2D eigenvalue weighted by Crippen LogP contribution is -2.41. The van der Waals surface area contributed by atoms with Crippen LogP contribution in [-0.2, 0) is 42.9 Å². The van der Waals surface area contributed by atoms with Crippen LogP contribution in [0.15, 0.2) is 24.3 Å². The molecule has 2 aliphatic carbocycles. The Labute approximate surface area is 329 Å². The van der Waals surface area contributed by atoms with Gasteiger partial charge >= 0.3 is 23.9 Å². The summed E-state index contributed by atoms with van der Waals surface area (Å²) in [6.45, 7) is 7.57. The predicted octanol–water partition coefficient (Wildman–Crippen LogP) is 2.79. The summed E-state index contributed by atoms with van der Waals surface area (Å²) in [5.74, 6) is -8.01. The lowest BCUT2D eigenvalue weighted by Gasteiger charge is -2.37. The van der Waals surface area contributed by atoms with Gasteiger partial charge in [0, 0.05) is 49.1 Å². The molecule has 1 saturated heterocycles. The average Bonchev–Trinajstić information content (AvgIpc) is 3.42. The number of phenols is 2. The van der Waals surface area contributed by atoms with E-state index in [0.29, 0.717) is 0 Å². The van der Waals surface area contributed by atoms with Crippen LogP contribution in [0.1, 0.15) is 106 Å². The topological polar surface area (TPSA) is 257 Å². The van der Waals surface area contributed by atoms with Crippen molar-refractivity contribution in [1.29, 1.82) is 0 Å². The standard InChI is InChI=1S/C40H39NO17/c1-13-9-23-28(36(56-17(5)43)25(13)38(50)41-14(2)39(51)53-8)27-21(32(48)35(23)58-40-37(57-18(6)44)34(15(3)54-40)55-16(4)42)12-22-29(33(27)49)31(47)20-10-19(52-7)11-24(45)26(20)30(22)46/h9-12,14-15,32,34-35,37,40,45,48-49H,1-8H3,(H,41,50)/t14-,15+,32+,34-,35+,37+,40+/m1/s1. The first-order valence-corrected chi connectivity index (χ1v) is 17.8. The molecule has 1 amide bonds. The van der Waals surface area contributed by atoms with E-state index in [1.165, 1.54) is 40.0 Å². The van der Waals surface area contributed by atoms with Crippen molar-refractivity contribution >= 4 is 41.4 Å². The van der Waals surface area contributed by atoms with Gasteiger partial charge in [0.1, 0.15) is 35.5 Å². The summed E-state index contributed by atoms with van der Waals surface area (Å²) in [7, 11) is 2.39. The Morgan fingerprint density at radius 3 is 2.03 bits per heavy atom. The highest BCUT2D eigenvalue weighted by Gasteiger charge is 2.51. The number of hydrogen-bond acceptors (Lipinski definition) is 17. The molecule has 18 heteroatoms. The summed E-state index contributed by atoms with van der Waals surface area (Å²) in [6.07, 6.45) is -8.51.